The van der Waals surface area contributed by atoms with E-state index in [-0.39, 0.29) is 5.91 Å². The first-order valence-corrected chi connectivity index (χ1v) is 8.64. The number of carbonyl (C=O) groups is 1. The zero-order chi connectivity index (χ0) is 16.6. The topological polar surface area (TPSA) is 58.1 Å². The second-order valence-corrected chi connectivity index (χ2v) is 6.26. The monoisotopic (exact) mass is 324 g/mol. The molecule has 0 bridgehead atoms. The second kappa shape index (κ2) is 8.43. The number of hydrogen-bond acceptors (Lipinski definition) is 4. The van der Waals surface area contributed by atoms with E-state index in [1.807, 2.05) is 4.90 Å². The van der Waals surface area contributed by atoms with Gasteiger partial charge in [-0.05, 0) is 36.8 Å². The zero-order valence-corrected chi connectivity index (χ0v) is 13.9. The van der Waals surface area contributed by atoms with Crippen LogP contribution in [0.5, 0.6) is 0 Å². The Bertz CT molecular complexity index is 624. The number of amides is 1. The van der Waals surface area contributed by atoms with Crippen molar-refractivity contribution in [1.29, 1.82) is 0 Å². The van der Waals surface area contributed by atoms with Crippen molar-refractivity contribution in [3.8, 4) is 0 Å². The average molecular weight is 324 g/mol. The van der Waals surface area contributed by atoms with Gasteiger partial charge in [0.2, 0.25) is 11.9 Å². The first-order valence-electron chi connectivity index (χ1n) is 8.64. The van der Waals surface area contributed by atoms with Gasteiger partial charge < -0.3 is 10.2 Å². The van der Waals surface area contributed by atoms with Crippen LogP contribution < -0.4 is 5.32 Å². The lowest BCUT2D eigenvalue weighted by Crippen LogP contribution is -2.39. The summed E-state index contributed by atoms with van der Waals surface area (Å²) in [6, 6.07) is 12.4. The molecule has 0 unspecified atom stereocenters. The Kier molecular flexibility index (Phi) is 5.77. The number of piperidine rings is 1. The van der Waals surface area contributed by atoms with Crippen LogP contribution in [0.3, 0.4) is 0 Å². The fourth-order valence-electron chi connectivity index (χ4n) is 3.16. The molecule has 2 aromatic rings. The van der Waals surface area contributed by atoms with E-state index in [0.29, 0.717) is 24.8 Å². The van der Waals surface area contributed by atoms with E-state index >= 15 is 0 Å². The minimum absolute atomic E-state index is 0.219. The van der Waals surface area contributed by atoms with Gasteiger partial charge in [-0.1, -0.05) is 30.3 Å². The molecule has 126 valence electrons. The Morgan fingerprint density at radius 2 is 1.79 bits per heavy atom. The average Bonchev–Trinajstić information content (AvgIpc) is 2.64. The van der Waals surface area contributed by atoms with Crippen molar-refractivity contribution >= 4 is 11.9 Å². The van der Waals surface area contributed by atoms with E-state index in [0.717, 1.165) is 32.4 Å². The number of nitrogens with zero attached hydrogens (tertiary/aromatic N) is 3. The predicted octanol–water partition coefficient (Wildman–Crippen LogP) is 2.76. The van der Waals surface area contributed by atoms with Crippen LogP contribution in [0.25, 0.3) is 0 Å². The van der Waals surface area contributed by atoms with E-state index in [4.69, 9.17) is 0 Å². The van der Waals surface area contributed by atoms with Gasteiger partial charge in [-0.25, -0.2) is 9.97 Å². The molecule has 5 nitrogen and oxygen atoms in total. The highest BCUT2D eigenvalue weighted by Crippen LogP contribution is 2.22. The molecule has 1 aromatic carbocycles. The van der Waals surface area contributed by atoms with Crippen molar-refractivity contribution in [2.24, 2.45) is 5.92 Å². The highest BCUT2D eigenvalue weighted by molar-refractivity contribution is 5.76. The van der Waals surface area contributed by atoms with Gasteiger partial charge in [-0.2, -0.15) is 0 Å². The molecular formula is C19H24N4O. The predicted molar refractivity (Wildman–Crippen MR) is 94.6 cm³/mol. The molecule has 1 aromatic heterocycles. The maximum absolute atomic E-state index is 12.3. The highest BCUT2D eigenvalue weighted by atomic mass is 16.2. The fourth-order valence-corrected chi connectivity index (χ4v) is 3.16. The molecule has 1 aliphatic heterocycles. The van der Waals surface area contributed by atoms with Crippen molar-refractivity contribution in [3.05, 3.63) is 54.4 Å². The van der Waals surface area contributed by atoms with Crippen LogP contribution in [0.1, 0.15) is 24.8 Å². The standard InChI is InChI=1S/C19H24N4O/c24-18(7-12-22-19-20-10-4-11-21-19)23-13-8-17(9-14-23)15-16-5-2-1-3-6-16/h1-6,10-11,17H,7-9,12-15H2,(H,20,21,22). The van der Waals surface area contributed by atoms with Gasteiger partial charge in [0.15, 0.2) is 0 Å². The first-order chi connectivity index (χ1) is 11.8. The quantitative estimate of drug-likeness (QED) is 0.888. The van der Waals surface area contributed by atoms with Crippen LogP contribution >= 0.6 is 0 Å². The third kappa shape index (κ3) is 4.78. The molecule has 1 saturated heterocycles. The zero-order valence-electron chi connectivity index (χ0n) is 13.9. The smallest absolute Gasteiger partial charge is 0.224 e. The number of rotatable bonds is 6. The number of aromatic nitrogens is 2. The summed E-state index contributed by atoms with van der Waals surface area (Å²) in [4.78, 5) is 22.5. The Morgan fingerprint density at radius 3 is 2.50 bits per heavy atom. The maximum atomic E-state index is 12.3. The number of carbonyl (C=O) groups excluding carboxylic acids is 1. The summed E-state index contributed by atoms with van der Waals surface area (Å²) in [5.41, 5.74) is 1.40. The Hall–Kier alpha value is -2.43. The molecule has 0 saturated carbocycles. The van der Waals surface area contributed by atoms with Gasteiger partial charge in [-0.3, -0.25) is 4.79 Å². The maximum Gasteiger partial charge on any atom is 0.224 e. The van der Waals surface area contributed by atoms with Gasteiger partial charge in [0.1, 0.15) is 0 Å². The van der Waals surface area contributed by atoms with E-state index in [9.17, 15) is 4.79 Å². The minimum atomic E-state index is 0.219. The number of likely N-dealkylation sites (tertiary alicyclic amines) is 1. The molecule has 0 spiro atoms. The minimum Gasteiger partial charge on any atom is -0.354 e. The van der Waals surface area contributed by atoms with E-state index in [1.54, 1.807) is 18.5 Å². The Morgan fingerprint density at radius 1 is 1.08 bits per heavy atom. The molecule has 1 fully saturated rings. The molecule has 24 heavy (non-hydrogen) atoms. The third-order valence-corrected chi connectivity index (χ3v) is 4.52. The van der Waals surface area contributed by atoms with Gasteiger partial charge >= 0.3 is 0 Å². The lowest BCUT2D eigenvalue weighted by Gasteiger charge is -2.32. The van der Waals surface area contributed by atoms with Crippen LogP contribution in [-0.4, -0.2) is 40.4 Å². The van der Waals surface area contributed by atoms with Crippen LogP contribution in [0.15, 0.2) is 48.8 Å². The molecule has 1 aliphatic rings. The fraction of sp³-hybridized carbons (Fsp3) is 0.421. The van der Waals surface area contributed by atoms with Gasteiger partial charge in [0.05, 0.1) is 0 Å². The number of benzene rings is 1. The molecule has 3 rings (SSSR count). The van der Waals surface area contributed by atoms with Crippen LogP contribution in [-0.2, 0) is 11.2 Å². The Balaban J connectivity index is 1.37. The molecule has 0 radical (unpaired) electrons. The van der Waals surface area contributed by atoms with Crippen molar-refractivity contribution in [3.63, 3.8) is 0 Å². The van der Waals surface area contributed by atoms with Crippen molar-refractivity contribution in [2.75, 3.05) is 25.0 Å². The van der Waals surface area contributed by atoms with Gasteiger partial charge in [0.25, 0.3) is 0 Å². The van der Waals surface area contributed by atoms with E-state index in [2.05, 4.69) is 45.6 Å². The SMILES string of the molecule is O=C(CCNc1ncccn1)N1CCC(Cc2ccccc2)CC1. The normalized spacial score (nSPS) is 15.2. The van der Waals surface area contributed by atoms with Crippen molar-refractivity contribution in [2.45, 2.75) is 25.7 Å². The largest absolute Gasteiger partial charge is 0.354 e. The van der Waals surface area contributed by atoms with E-state index < -0.39 is 0 Å². The summed E-state index contributed by atoms with van der Waals surface area (Å²) in [7, 11) is 0. The van der Waals surface area contributed by atoms with Gasteiger partial charge in [0, 0.05) is 38.4 Å². The highest BCUT2D eigenvalue weighted by Gasteiger charge is 2.22. The lowest BCUT2D eigenvalue weighted by atomic mass is 9.90. The summed E-state index contributed by atoms with van der Waals surface area (Å²) >= 11 is 0. The molecule has 5 heteroatoms. The summed E-state index contributed by atoms with van der Waals surface area (Å²) in [5, 5.41) is 3.09. The molecular weight excluding hydrogens is 300 g/mol. The van der Waals surface area contributed by atoms with Crippen LogP contribution in [0.2, 0.25) is 0 Å². The lowest BCUT2D eigenvalue weighted by molar-refractivity contribution is -0.132. The van der Waals surface area contributed by atoms with Gasteiger partial charge in [-0.15, -0.1) is 0 Å². The molecule has 0 aliphatic carbocycles. The van der Waals surface area contributed by atoms with Crippen molar-refractivity contribution < 1.29 is 4.79 Å². The summed E-state index contributed by atoms with van der Waals surface area (Å²) in [5.74, 6) is 1.48. The second-order valence-electron chi connectivity index (χ2n) is 6.26. The number of nitrogens with one attached hydrogen (secondary N) is 1. The van der Waals surface area contributed by atoms with Crippen LogP contribution in [0.4, 0.5) is 5.95 Å². The van der Waals surface area contributed by atoms with Crippen molar-refractivity contribution in [1.82, 2.24) is 14.9 Å². The molecule has 1 N–H and O–H groups in total. The number of anilines is 1. The summed E-state index contributed by atoms with van der Waals surface area (Å²) in [6.07, 6.45) is 7.17. The first kappa shape index (κ1) is 16.4. The van der Waals surface area contributed by atoms with E-state index in [1.165, 1.54) is 5.56 Å². The molecule has 1 amide bonds. The molecule has 0 atom stereocenters. The summed E-state index contributed by atoms with van der Waals surface area (Å²) in [6.45, 7) is 2.32. The third-order valence-electron chi connectivity index (χ3n) is 4.52. The summed E-state index contributed by atoms with van der Waals surface area (Å²) < 4.78 is 0. The molecule has 2 heterocycles. The number of hydrogen-bond donors (Lipinski definition) is 1. The Labute approximate surface area is 143 Å². The van der Waals surface area contributed by atoms with Crippen LogP contribution in [0, 0.1) is 5.92 Å².